The Labute approximate surface area is 172 Å². The van der Waals surface area contributed by atoms with Gasteiger partial charge in [-0.15, -0.1) is 11.3 Å². The lowest BCUT2D eigenvalue weighted by Gasteiger charge is -2.15. The molecule has 0 saturated carbocycles. The second-order valence-electron chi connectivity index (χ2n) is 6.81. The minimum absolute atomic E-state index is 0.123. The summed E-state index contributed by atoms with van der Waals surface area (Å²) in [5, 5.41) is 12.8. The number of carbonyl (C=O) groups is 1. The standard InChI is InChI=1S/C21H20N4OS2/c1-14-12-27-20(23-14)16(11-22)19(26)13-28-21-24-17-9-5-6-10-18(17)25(21)15-7-3-2-4-8-15/h2-4,7-8,12,16H,5-6,9-10,13H2,1H3. The molecule has 142 valence electrons. The molecule has 3 aromatic rings. The number of aryl methyl sites for hydroxylation is 2. The number of para-hydroxylation sites is 1. The van der Waals surface area contributed by atoms with Crippen LogP contribution >= 0.6 is 23.1 Å². The Morgan fingerprint density at radius 3 is 2.79 bits per heavy atom. The lowest BCUT2D eigenvalue weighted by Crippen LogP contribution is -2.14. The molecular formula is C21H20N4OS2. The summed E-state index contributed by atoms with van der Waals surface area (Å²) in [5.41, 5.74) is 4.30. The molecule has 1 unspecified atom stereocenters. The van der Waals surface area contributed by atoms with Crippen molar-refractivity contribution in [3.63, 3.8) is 0 Å². The normalized spacial score (nSPS) is 14.3. The average molecular weight is 409 g/mol. The third-order valence-corrected chi connectivity index (χ3v) is 6.78. The lowest BCUT2D eigenvalue weighted by molar-refractivity contribution is -0.116. The van der Waals surface area contributed by atoms with Gasteiger partial charge >= 0.3 is 0 Å². The smallest absolute Gasteiger partial charge is 0.173 e. The van der Waals surface area contributed by atoms with E-state index in [0.717, 1.165) is 47.9 Å². The summed E-state index contributed by atoms with van der Waals surface area (Å²) in [7, 11) is 0. The number of carbonyl (C=O) groups excluding carboxylic acids is 1. The summed E-state index contributed by atoms with van der Waals surface area (Å²) >= 11 is 2.79. The Kier molecular flexibility index (Phi) is 5.60. The van der Waals surface area contributed by atoms with Crippen LogP contribution in [0.5, 0.6) is 0 Å². The number of Topliss-reactive ketones (excluding diaryl/α,β-unsaturated/α-hetero) is 1. The van der Waals surface area contributed by atoms with Gasteiger partial charge in [0.05, 0.1) is 17.5 Å². The number of imidazole rings is 1. The van der Waals surface area contributed by atoms with E-state index in [1.165, 1.54) is 28.8 Å². The number of nitrogens with zero attached hydrogens (tertiary/aromatic N) is 4. The molecule has 0 N–H and O–H groups in total. The van der Waals surface area contributed by atoms with E-state index >= 15 is 0 Å². The van der Waals surface area contributed by atoms with Gasteiger partial charge < -0.3 is 0 Å². The van der Waals surface area contributed by atoms with E-state index in [2.05, 4.69) is 27.8 Å². The van der Waals surface area contributed by atoms with Crippen LogP contribution in [0.2, 0.25) is 0 Å². The van der Waals surface area contributed by atoms with Crippen molar-refractivity contribution in [2.75, 3.05) is 5.75 Å². The third-order valence-electron chi connectivity index (χ3n) is 4.79. The first kappa shape index (κ1) is 18.9. The fraction of sp³-hybridized carbons (Fsp3) is 0.333. The van der Waals surface area contributed by atoms with Crippen LogP contribution in [0.15, 0.2) is 40.9 Å². The number of thiazole rings is 1. The molecule has 0 spiro atoms. The molecule has 1 aromatic carbocycles. The van der Waals surface area contributed by atoms with Crippen LogP contribution in [0, 0.1) is 18.3 Å². The van der Waals surface area contributed by atoms with E-state index in [1.807, 2.05) is 30.5 Å². The van der Waals surface area contributed by atoms with Crippen LogP contribution in [0.1, 0.15) is 40.8 Å². The number of fused-ring (bicyclic) bond motifs is 1. The molecule has 1 aliphatic rings. The van der Waals surface area contributed by atoms with Crippen LogP contribution in [0.4, 0.5) is 0 Å². The first-order valence-corrected chi connectivity index (χ1v) is 11.2. The highest BCUT2D eigenvalue weighted by molar-refractivity contribution is 7.99. The zero-order valence-corrected chi connectivity index (χ0v) is 17.2. The van der Waals surface area contributed by atoms with Crippen molar-refractivity contribution in [2.24, 2.45) is 0 Å². The lowest BCUT2D eigenvalue weighted by atomic mass is 10.0. The summed E-state index contributed by atoms with van der Waals surface area (Å²) < 4.78 is 2.18. The maximum Gasteiger partial charge on any atom is 0.173 e. The molecule has 0 amide bonds. The molecule has 0 aliphatic heterocycles. The summed E-state index contributed by atoms with van der Waals surface area (Å²) in [4.78, 5) is 21.9. The second kappa shape index (κ2) is 8.29. The van der Waals surface area contributed by atoms with Gasteiger partial charge in [-0.1, -0.05) is 30.0 Å². The molecule has 1 aliphatic carbocycles. The van der Waals surface area contributed by atoms with E-state index in [1.54, 1.807) is 0 Å². The van der Waals surface area contributed by atoms with Gasteiger partial charge in [-0.3, -0.25) is 9.36 Å². The van der Waals surface area contributed by atoms with E-state index in [0.29, 0.717) is 5.01 Å². The van der Waals surface area contributed by atoms with Crippen LogP contribution in [0.25, 0.3) is 5.69 Å². The number of benzene rings is 1. The van der Waals surface area contributed by atoms with E-state index in [-0.39, 0.29) is 11.5 Å². The third kappa shape index (κ3) is 3.75. The molecule has 0 saturated heterocycles. The Morgan fingerprint density at radius 1 is 1.29 bits per heavy atom. The van der Waals surface area contributed by atoms with Gasteiger partial charge in [0, 0.05) is 22.5 Å². The highest BCUT2D eigenvalue weighted by atomic mass is 32.2. The molecule has 4 rings (SSSR count). The topological polar surface area (TPSA) is 71.6 Å². The number of aromatic nitrogens is 3. The minimum atomic E-state index is -0.805. The molecule has 7 heteroatoms. The monoisotopic (exact) mass is 408 g/mol. The van der Waals surface area contributed by atoms with Crippen molar-refractivity contribution in [3.8, 4) is 11.8 Å². The zero-order chi connectivity index (χ0) is 19.5. The summed E-state index contributed by atoms with van der Waals surface area (Å²) in [6, 6.07) is 12.3. The van der Waals surface area contributed by atoms with Crippen LogP contribution in [-0.2, 0) is 17.6 Å². The highest BCUT2D eigenvalue weighted by Crippen LogP contribution is 2.31. The van der Waals surface area contributed by atoms with Crippen molar-refractivity contribution in [1.82, 2.24) is 14.5 Å². The maximum absolute atomic E-state index is 12.7. The number of rotatable bonds is 6. The molecule has 0 fully saturated rings. The predicted molar refractivity (Wildman–Crippen MR) is 111 cm³/mol. The number of ketones is 1. The SMILES string of the molecule is Cc1csc(C(C#N)C(=O)CSc2nc3c(n2-c2ccccc2)CCCC3)n1. The largest absolute Gasteiger partial charge is 0.297 e. The number of hydrogen-bond acceptors (Lipinski definition) is 6. The van der Waals surface area contributed by atoms with Crippen molar-refractivity contribution < 1.29 is 4.79 Å². The Balaban J connectivity index is 1.59. The average Bonchev–Trinajstić information content (AvgIpc) is 3.31. The molecule has 28 heavy (non-hydrogen) atoms. The van der Waals surface area contributed by atoms with Gasteiger partial charge in [-0.25, -0.2) is 9.97 Å². The summed E-state index contributed by atoms with van der Waals surface area (Å²) in [6.07, 6.45) is 4.30. The van der Waals surface area contributed by atoms with Gasteiger partial charge in [-0.05, 0) is 44.7 Å². The maximum atomic E-state index is 12.7. The van der Waals surface area contributed by atoms with E-state index in [4.69, 9.17) is 4.98 Å². The van der Waals surface area contributed by atoms with Crippen LogP contribution in [-0.4, -0.2) is 26.1 Å². The van der Waals surface area contributed by atoms with Crippen molar-refractivity contribution >= 4 is 28.9 Å². The first-order valence-electron chi connectivity index (χ1n) is 9.30. The van der Waals surface area contributed by atoms with Gasteiger partial charge in [0.25, 0.3) is 0 Å². The molecule has 1 atom stereocenters. The predicted octanol–water partition coefficient (Wildman–Crippen LogP) is 4.48. The highest BCUT2D eigenvalue weighted by Gasteiger charge is 2.26. The number of nitriles is 1. The molecule has 2 aromatic heterocycles. The molecular weight excluding hydrogens is 388 g/mol. The molecule has 5 nitrogen and oxygen atoms in total. The zero-order valence-electron chi connectivity index (χ0n) is 15.6. The number of thioether (sulfide) groups is 1. The van der Waals surface area contributed by atoms with Gasteiger partial charge in [0.2, 0.25) is 0 Å². The van der Waals surface area contributed by atoms with Crippen LogP contribution < -0.4 is 0 Å². The van der Waals surface area contributed by atoms with Crippen molar-refractivity contribution in [1.29, 1.82) is 5.26 Å². The number of hydrogen-bond donors (Lipinski definition) is 0. The van der Waals surface area contributed by atoms with E-state index in [9.17, 15) is 10.1 Å². The van der Waals surface area contributed by atoms with E-state index < -0.39 is 5.92 Å². The van der Waals surface area contributed by atoms with Gasteiger partial charge in [-0.2, -0.15) is 5.26 Å². The summed E-state index contributed by atoms with van der Waals surface area (Å²) in [5.74, 6) is -0.719. The Bertz CT molecular complexity index is 1030. The quantitative estimate of drug-likeness (QED) is 0.562. The second-order valence-corrected chi connectivity index (χ2v) is 8.64. The van der Waals surface area contributed by atoms with Gasteiger partial charge in [0.15, 0.2) is 16.9 Å². The minimum Gasteiger partial charge on any atom is -0.297 e. The fourth-order valence-electron chi connectivity index (χ4n) is 3.44. The Morgan fingerprint density at radius 2 is 2.07 bits per heavy atom. The Hall–Kier alpha value is -2.43. The fourth-order valence-corrected chi connectivity index (χ4v) is 5.26. The first-order chi connectivity index (χ1) is 13.7. The van der Waals surface area contributed by atoms with Crippen molar-refractivity contribution in [2.45, 2.75) is 43.7 Å². The van der Waals surface area contributed by atoms with Crippen molar-refractivity contribution in [3.05, 3.63) is 57.8 Å². The summed E-state index contributed by atoms with van der Waals surface area (Å²) in [6.45, 7) is 1.87. The van der Waals surface area contributed by atoms with Gasteiger partial charge in [0.1, 0.15) is 5.01 Å². The molecule has 2 heterocycles. The van der Waals surface area contributed by atoms with Crippen LogP contribution in [0.3, 0.4) is 0 Å². The molecule has 0 radical (unpaired) electrons. The molecule has 0 bridgehead atoms.